The van der Waals surface area contributed by atoms with E-state index in [2.05, 4.69) is 5.32 Å². The van der Waals surface area contributed by atoms with Crippen LogP contribution in [0.4, 0.5) is 20.2 Å². The molecule has 21 heavy (non-hydrogen) atoms. The van der Waals surface area contributed by atoms with Gasteiger partial charge in [0.15, 0.2) is 0 Å². The maximum atomic E-state index is 13.7. The molecule has 2 rings (SSSR count). The Bertz CT molecular complexity index is 737. The summed E-state index contributed by atoms with van der Waals surface area (Å²) in [6, 6.07) is 6.11. The number of amides is 1. The predicted molar refractivity (Wildman–Crippen MR) is 72.4 cm³/mol. The maximum Gasteiger partial charge on any atom is 0.272 e. The van der Waals surface area contributed by atoms with Crippen molar-refractivity contribution in [2.75, 3.05) is 5.32 Å². The number of anilines is 1. The topological polar surface area (TPSA) is 72.2 Å². The van der Waals surface area contributed by atoms with E-state index in [9.17, 15) is 23.7 Å². The number of nitro groups is 1. The van der Waals surface area contributed by atoms with Crippen molar-refractivity contribution in [3.8, 4) is 0 Å². The molecule has 0 saturated heterocycles. The van der Waals surface area contributed by atoms with Crippen LogP contribution in [0.15, 0.2) is 36.4 Å². The summed E-state index contributed by atoms with van der Waals surface area (Å²) >= 11 is 5.55. The molecule has 0 saturated carbocycles. The van der Waals surface area contributed by atoms with Gasteiger partial charge in [-0.2, -0.15) is 0 Å². The normalized spacial score (nSPS) is 10.2. The highest BCUT2D eigenvalue weighted by atomic mass is 35.5. The molecule has 0 aromatic heterocycles. The number of hydrogen-bond acceptors (Lipinski definition) is 3. The Kier molecular flexibility index (Phi) is 4.13. The van der Waals surface area contributed by atoms with E-state index in [-0.39, 0.29) is 16.3 Å². The number of rotatable bonds is 3. The largest absolute Gasteiger partial charge is 0.322 e. The third kappa shape index (κ3) is 3.32. The van der Waals surface area contributed by atoms with Crippen LogP contribution in [0.25, 0.3) is 0 Å². The van der Waals surface area contributed by atoms with Crippen molar-refractivity contribution in [3.05, 3.63) is 68.7 Å². The first-order valence-electron chi connectivity index (χ1n) is 5.59. The molecule has 0 unspecified atom stereocenters. The van der Waals surface area contributed by atoms with Crippen LogP contribution in [0.3, 0.4) is 0 Å². The van der Waals surface area contributed by atoms with Crippen molar-refractivity contribution in [2.24, 2.45) is 0 Å². The molecule has 5 nitrogen and oxygen atoms in total. The molecular weight excluding hydrogens is 306 g/mol. The molecule has 0 radical (unpaired) electrons. The minimum Gasteiger partial charge on any atom is -0.322 e. The van der Waals surface area contributed by atoms with Gasteiger partial charge in [-0.1, -0.05) is 11.6 Å². The average Bonchev–Trinajstić information content (AvgIpc) is 2.42. The first kappa shape index (κ1) is 14.9. The standard InChI is InChI=1S/C13H7ClF2N2O3/c14-10-5-7(1-4-11(10)15)17-13(19)9-3-2-8(18(20)21)6-12(9)16/h1-6H,(H,17,19). The number of non-ortho nitro benzene ring substituents is 1. The van der Waals surface area contributed by atoms with Gasteiger partial charge in [0.05, 0.1) is 21.6 Å². The monoisotopic (exact) mass is 312 g/mol. The lowest BCUT2D eigenvalue weighted by atomic mass is 10.1. The Balaban J connectivity index is 2.24. The summed E-state index contributed by atoms with van der Waals surface area (Å²) in [6.45, 7) is 0. The van der Waals surface area contributed by atoms with Crippen molar-refractivity contribution in [2.45, 2.75) is 0 Å². The number of carbonyl (C=O) groups excluding carboxylic acids is 1. The van der Waals surface area contributed by atoms with Crippen LogP contribution in [0.1, 0.15) is 10.4 Å². The van der Waals surface area contributed by atoms with E-state index in [0.717, 1.165) is 24.3 Å². The van der Waals surface area contributed by atoms with Gasteiger partial charge in [-0.25, -0.2) is 8.78 Å². The Morgan fingerprint density at radius 2 is 1.86 bits per heavy atom. The lowest BCUT2D eigenvalue weighted by molar-refractivity contribution is -0.385. The van der Waals surface area contributed by atoms with Gasteiger partial charge in [0.25, 0.3) is 11.6 Å². The van der Waals surface area contributed by atoms with Crippen molar-refractivity contribution in [1.29, 1.82) is 0 Å². The summed E-state index contributed by atoms with van der Waals surface area (Å²) in [5.41, 5.74) is -0.668. The second-order valence-electron chi connectivity index (χ2n) is 4.00. The highest BCUT2D eigenvalue weighted by Crippen LogP contribution is 2.21. The first-order valence-corrected chi connectivity index (χ1v) is 5.96. The number of benzene rings is 2. The molecule has 8 heteroatoms. The molecule has 0 fully saturated rings. The molecule has 0 spiro atoms. The summed E-state index contributed by atoms with van der Waals surface area (Å²) in [6.07, 6.45) is 0. The van der Waals surface area contributed by atoms with Crippen molar-refractivity contribution in [3.63, 3.8) is 0 Å². The van der Waals surface area contributed by atoms with Gasteiger partial charge in [0, 0.05) is 11.8 Å². The molecule has 0 heterocycles. The molecule has 1 N–H and O–H groups in total. The van der Waals surface area contributed by atoms with E-state index < -0.39 is 28.2 Å². The van der Waals surface area contributed by atoms with E-state index in [0.29, 0.717) is 6.07 Å². The number of hydrogen-bond donors (Lipinski definition) is 1. The zero-order valence-electron chi connectivity index (χ0n) is 10.3. The number of nitro benzene ring substituents is 1. The van der Waals surface area contributed by atoms with Gasteiger partial charge in [-0.3, -0.25) is 14.9 Å². The van der Waals surface area contributed by atoms with E-state index in [4.69, 9.17) is 11.6 Å². The Morgan fingerprint density at radius 1 is 1.14 bits per heavy atom. The molecule has 0 aliphatic heterocycles. The smallest absolute Gasteiger partial charge is 0.272 e. The molecule has 108 valence electrons. The van der Waals surface area contributed by atoms with Crippen LogP contribution in [0, 0.1) is 21.7 Å². The van der Waals surface area contributed by atoms with Crippen LogP contribution < -0.4 is 5.32 Å². The molecule has 0 aliphatic carbocycles. The van der Waals surface area contributed by atoms with Crippen molar-refractivity contribution in [1.82, 2.24) is 0 Å². The highest BCUT2D eigenvalue weighted by molar-refractivity contribution is 6.31. The van der Waals surface area contributed by atoms with Gasteiger partial charge in [0.1, 0.15) is 11.6 Å². The number of nitrogens with one attached hydrogen (secondary N) is 1. The van der Waals surface area contributed by atoms with Crippen LogP contribution in [-0.2, 0) is 0 Å². The SMILES string of the molecule is O=C(Nc1ccc(F)c(Cl)c1)c1ccc([N+](=O)[O-])cc1F. The lowest BCUT2D eigenvalue weighted by Gasteiger charge is -2.06. The third-order valence-corrected chi connectivity index (χ3v) is 2.88. The number of halogens is 3. The first-order chi connectivity index (χ1) is 9.88. The fraction of sp³-hybridized carbons (Fsp3) is 0. The van der Waals surface area contributed by atoms with Gasteiger partial charge in [-0.15, -0.1) is 0 Å². The summed E-state index contributed by atoms with van der Waals surface area (Å²) in [7, 11) is 0. The molecule has 2 aromatic carbocycles. The fourth-order valence-corrected chi connectivity index (χ4v) is 1.75. The summed E-state index contributed by atoms with van der Waals surface area (Å²) < 4.78 is 26.6. The van der Waals surface area contributed by atoms with Crippen molar-refractivity contribution >= 4 is 28.9 Å². The van der Waals surface area contributed by atoms with Crippen LogP contribution in [0.5, 0.6) is 0 Å². The maximum absolute atomic E-state index is 13.7. The van der Waals surface area contributed by atoms with Crippen molar-refractivity contribution < 1.29 is 18.5 Å². The summed E-state index contributed by atoms with van der Waals surface area (Å²) in [5.74, 6) is -2.52. The fourth-order valence-electron chi connectivity index (χ4n) is 1.57. The number of carbonyl (C=O) groups is 1. The molecule has 2 aromatic rings. The van der Waals surface area contributed by atoms with E-state index >= 15 is 0 Å². The van der Waals surface area contributed by atoms with Gasteiger partial charge < -0.3 is 5.32 Å². The van der Waals surface area contributed by atoms with Gasteiger partial charge in [0.2, 0.25) is 0 Å². The van der Waals surface area contributed by atoms with Crippen LogP contribution in [-0.4, -0.2) is 10.8 Å². The Morgan fingerprint density at radius 3 is 2.43 bits per heavy atom. The van der Waals surface area contributed by atoms with Gasteiger partial charge in [-0.05, 0) is 24.3 Å². The molecule has 0 bridgehead atoms. The minimum absolute atomic E-state index is 0.171. The Labute approximate surface area is 122 Å². The van der Waals surface area contributed by atoms with Crippen LogP contribution in [0.2, 0.25) is 5.02 Å². The average molecular weight is 313 g/mol. The van der Waals surface area contributed by atoms with E-state index in [1.807, 2.05) is 0 Å². The zero-order chi connectivity index (χ0) is 15.6. The summed E-state index contributed by atoms with van der Waals surface area (Å²) in [5, 5.41) is 12.6. The predicted octanol–water partition coefficient (Wildman–Crippen LogP) is 3.78. The molecule has 0 atom stereocenters. The highest BCUT2D eigenvalue weighted by Gasteiger charge is 2.16. The molecule has 1 amide bonds. The Hall–Kier alpha value is -2.54. The second-order valence-corrected chi connectivity index (χ2v) is 4.41. The molecule has 0 aliphatic rings. The number of nitrogens with zero attached hydrogens (tertiary/aromatic N) is 1. The quantitative estimate of drug-likeness (QED) is 0.692. The van der Waals surface area contributed by atoms with E-state index in [1.165, 1.54) is 6.07 Å². The zero-order valence-corrected chi connectivity index (χ0v) is 11.0. The van der Waals surface area contributed by atoms with Gasteiger partial charge >= 0.3 is 0 Å². The molecular formula is C13H7ClF2N2O3. The lowest BCUT2D eigenvalue weighted by Crippen LogP contribution is -2.14. The summed E-state index contributed by atoms with van der Waals surface area (Å²) in [4.78, 5) is 21.6. The minimum atomic E-state index is -1.03. The second kappa shape index (κ2) is 5.84. The van der Waals surface area contributed by atoms with E-state index in [1.54, 1.807) is 0 Å². The third-order valence-electron chi connectivity index (χ3n) is 2.59. The van der Waals surface area contributed by atoms with Crippen LogP contribution >= 0.6 is 11.6 Å².